The molecule has 2 heterocycles. The minimum absolute atomic E-state index is 0.00633. The van der Waals surface area contributed by atoms with Gasteiger partial charge in [-0.05, 0) is 30.0 Å². The quantitative estimate of drug-likeness (QED) is 0.604. The number of carbonyl (C=O) groups is 2. The molecule has 0 aliphatic carbocycles. The lowest BCUT2D eigenvalue weighted by atomic mass is 9.66. The average Bonchev–Trinajstić information content (AvgIpc) is 3.22. The van der Waals surface area contributed by atoms with Crippen LogP contribution in [-0.4, -0.2) is 53.1 Å². The number of hydrogen-bond acceptors (Lipinski definition) is 7. The monoisotopic (exact) mass is 479 g/mol. The molecule has 1 aliphatic heterocycles. The Balaban J connectivity index is 1.76. The summed E-state index contributed by atoms with van der Waals surface area (Å²) in [4.78, 5) is 31.6. The van der Waals surface area contributed by atoms with Crippen molar-refractivity contribution in [2.75, 3.05) is 25.5 Å². The standard InChI is InChI=1S/C23H30ClN3O4S/c1-14(2)18(26-21-25-12-17(32-21)20(29)31-5)19(28)27-11-10-23(30,22(3,4)13-27)15-6-8-16(24)9-7-15/h6-9,12,14,18,30H,10-11,13H2,1-5H3,(H,25,26). The van der Waals surface area contributed by atoms with E-state index in [0.29, 0.717) is 34.5 Å². The van der Waals surface area contributed by atoms with E-state index in [2.05, 4.69) is 10.3 Å². The van der Waals surface area contributed by atoms with Gasteiger partial charge < -0.3 is 20.1 Å². The number of aromatic nitrogens is 1. The summed E-state index contributed by atoms with van der Waals surface area (Å²) in [6.07, 6.45) is 1.86. The van der Waals surface area contributed by atoms with Gasteiger partial charge in [-0.15, -0.1) is 0 Å². The summed E-state index contributed by atoms with van der Waals surface area (Å²) in [5.41, 5.74) is -0.842. The summed E-state index contributed by atoms with van der Waals surface area (Å²) < 4.78 is 4.73. The Morgan fingerprint density at radius 2 is 1.94 bits per heavy atom. The topological polar surface area (TPSA) is 91.8 Å². The molecule has 0 spiro atoms. The Kier molecular flexibility index (Phi) is 7.17. The largest absolute Gasteiger partial charge is 0.465 e. The van der Waals surface area contributed by atoms with E-state index >= 15 is 0 Å². The van der Waals surface area contributed by atoms with Crippen molar-refractivity contribution in [3.63, 3.8) is 0 Å². The van der Waals surface area contributed by atoms with E-state index in [0.717, 1.165) is 16.9 Å². The zero-order valence-corrected chi connectivity index (χ0v) is 20.6. The number of likely N-dealkylation sites (tertiary alicyclic amines) is 1. The summed E-state index contributed by atoms with van der Waals surface area (Å²) in [6, 6.07) is 6.74. The van der Waals surface area contributed by atoms with Crippen molar-refractivity contribution < 1.29 is 19.4 Å². The number of halogens is 1. The van der Waals surface area contributed by atoms with Gasteiger partial charge in [0.1, 0.15) is 10.9 Å². The first-order valence-electron chi connectivity index (χ1n) is 10.6. The summed E-state index contributed by atoms with van der Waals surface area (Å²) in [5.74, 6) is -0.517. The first kappa shape index (κ1) is 24.5. The number of nitrogens with one attached hydrogen (secondary N) is 1. The second kappa shape index (κ2) is 9.37. The summed E-state index contributed by atoms with van der Waals surface area (Å²) in [5, 5.41) is 15.9. The lowest BCUT2D eigenvalue weighted by molar-refractivity contribution is -0.154. The molecule has 2 N–H and O–H groups in total. The number of methoxy groups -OCH3 is 1. The lowest BCUT2D eigenvalue weighted by Gasteiger charge is -2.51. The van der Waals surface area contributed by atoms with Crippen molar-refractivity contribution in [1.82, 2.24) is 9.88 Å². The molecular formula is C23H30ClN3O4S. The van der Waals surface area contributed by atoms with Crippen LogP contribution in [0.2, 0.25) is 5.02 Å². The summed E-state index contributed by atoms with van der Waals surface area (Å²) in [6.45, 7) is 8.70. The molecule has 1 saturated heterocycles. The molecule has 2 aromatic rings. The van der Waals surface area contributed by atoms with Crippen molar-refractivity contribution in [3.05, 3.63) is 45.9 Å². The molecule has 0 bridgehead atoms. The van der Waals surface area contributed by atoms with Gasteiger partial charge in [-0.1, -0.05) is 62.8 Å². The van der Waals surface area contributed by atoms with Crippen LogP contribution in [0.25, 0.3) is 0 Å². The lowest BCUT2D eigenvalue weighted by Crippen LogP contribution is -2.59. The van der Waals surface area contributed by atoms with Gasteiger partial charge in [0.05, 0.1) is 18.9 Å². The van der Waals surface area contributed by atoms with Crippen LogP contribution >= 0.6 is 22.9 Å². The number of ether oxygens (including phenoxy) is 1. The molecular weight excluding hydrogens is 450 g/mol. The third kappa shape index (κ3) is 4.77. The zero-order valence-electron chi connectivity index (χ0n) is 19.0. The summed E-state index contributed by atoms with van der Waals surface area (Å²) in [7, 11) is 1.32. The van der Waals surface area contributed by atoms with Crippen LogP contribution in [0.4, 0.5) is 5.13 Å². The van der Waals surface area contributed by atoms with E-state index in [1.165, 1.54) is 13.3 Å². The second-order valence-corrected chi connectivity index (χ2v) is 10.6. The highest BCUT2D eigenvalue weighted by Gasteiger charge is 2.50. The van der Waals surface area contributed by atoms with E-state index in [9.17, 15) is 14.7 Å². The Hall–Kier alpha value is -2.16. The molecule has 1 aromatic heterocycles. The predicted molar refractivity (Wildman–Crippen MR) is 126 cm³/mol. The average molecular weight is 480 g/mol. The van der Waals surface area contributed by atoms with E-state index in [-0.39, 0.29) is 11.8 Å². The van der Waals surface area contributed by atoms with Crippen molar-refractivity contribution in [2.45, 2.75) is 45.8 Å². The number of amides is 1. The van der Waals surface area contributed by atoms with Crippen LogP contribution in [0.15, 0.2) is 30.5 Å². The minimum atomic E-state index is -1.07. The molecule has 174 valence electrons. The normalized spacial score (nSPS) is 21.3. The van der Waals surface area contributed by atoms with E-state index in [1.54, 1.807) is 17.0 Å². The third-order valence-corrected chi connectivity index (χ3v) is 7.35. The van der Waals surface area contributed by atoms with Crippen molar-refractivity contribution in [1.29, 1.82) is 0 Å². The molecule has 1 amide bonds. The molecule has 3 rings (SSSR count). The predicted octanol–water partition coefficient (Wildman–Crippen LogP) is 4.17. The fourth-order valence-corrected chi connectivity index (χ4v) is 5.05. The highest BCUT2D eigenvalue weighted by molar-refractivity contribution is 7.17. The molecule has 2 unspecified atom stereocenters. The highest BCUT2D eigenvalue weighted by atomic mass is 35.5. The maximum Gasteiger partial charge on any atom is 0.349 e. The number of aliphatic hydroxyl groups is 1. The van der Waals surface area contributed by atoms with Gasteiger partial charge in [-0.3, -0.25) is 4.79 Å². The Morgan fingerprint density at radius 1 is 1.28 bits per heavy atom. The van der Waals surface area contributed by atoms with Gasteiger partial charge >= 0.3 is 5.97 Å². The number of rotatable bonds is 6. The minimum Gasteiger partial charge on any atom is -0.465 e. The number of piperidine rings is 1. The number of thiazole rings is 1. The third-order valence-electron chi connectivity index (χ3n) is 6.19. The number of benzene rings is 1. The van der Waals surface area contributed by atoms with Gasteiger partial charge in [0.2, 0.25) is 5.91 Å². The molecule has 1 fully saturated rings. The number of anilines is 1. The zero-order chi connectivity index (χ0) is 23.7. The first-order chi connectivity index (χ1) is 15.0. The Bertz CT molecular complexity index is 976. The molecule has 1 aliphatic rings. The fourth-order valence-electron chi connectivity index (χ4n) is 4.15. The molecule has 2 atom stereocenters. The van der Waals surface area contributed by atoms with Crippen LogP contribution in [-0.2, 0) is 15.1 Å². The van der Waals surface area contributed by atoms with E-state index < -0.39 is 23.0 Å². The van der Waals surface area contributed by atoms with Gasteiger partial charge in [0.15, 0.2) is 5.13 Å². The van der Waals surface area contributed by atoms with Crippen molar-refractivity contribution >= 4 is 39.9 Å². The second-order valence-electron chi connectivity index (χ2n) is 9.15. The molecule has 9 heteroatoms. The number of carbonyl (C=O) groups excluding carboxylic acids is 2. The maximum atomic E-state index is 13.5. The van der Waals surface area contributed by atoms with Gasteiger partial charge in [-0.25, -0.2) is 9.78 Å². The van der Waals surface area contributed by atoms with Crippen LogP contribution in [0.1, 0.15) is 49.4 Å². The number of hydrogen-bond donors (Lipinski definition) is 2. The van der Waals surface area contributed by atoms with Crippen LogP contribution < -0.4 is 5.32 Å². The number of esters is 1. The Morgan fingerprint density at radius 3 is 2.50 bits per heavy atom. The van der Waals surface area contributed by atoms with Gasteiger partial charge in [-0.2, -0.15) is 0 Å². The van der Waals surface area contributed by atoms with Gasteiger partial charge in [0, 0.05) is 23.5 Å². The molecule has 0 saturated carbocycles. The van der Waals surface area contributed by atoms with Crippen molar-refractivity contribution in [2.24, 2.45) is 11.3 Å². The molecule has 7 nitrogen and oxygen atoms in total. The Labute approximate surface area is 197 Å². The molecule has 32 heavy (non-hydrogen) atoms. The van der Waals surface area contributed by atoms with Gasteiger partial charge in [0.25, 0.3) is 0 Å². The summed E-state index contributed by atoms with van der Waals surface area (Å²) >= 11 is 7.17. The SMILES string of the molecule is COC(=O)c1cnc(NC(C(=O)N2CCC(O)(c3ccc(Cl)cc3)C(C)(C)C2)C(C)C)s1. The van der Waals surface area contributed by atoms with Crippen LogP contribution in [0.3, 0.4) is 0 Å². The maximum absolute atomic E-state index is 13.5. The smallest absolute Gasteiger partial charge is 0.349 e. The fraction of sp³-hybridized carbons (Fsp3) is 0.522. The van der Waals surface area contributed by atoms with Crippen LogP contribution in [0.5, 0.6) is 0 Å². The molecule has 0 radical (unpaired) electrons. The van der Waals surface area contributed by atoms with Crippen LogP contribution in [0, 0.1) is 11.3 Å². The van der Waals surface area contributed by atoms with E-state index in [1.807, 2.05) is 39.8 Å². The number of nitrogens with zero attached hydrogens (tertiary/aromatic N) is 2. The van der Waals surface area contributed by atoms with Crippen molar-refractivity contribution in [3.8, 4) is 0 Å². The first-order valence-corrected chi connectivity index (χ1v) is 11.8. The van der Waals surface area contributed by atoms with E-state index in [4.69, 9.17) is 16.3 Å². The molecule has 1 aromatic carbocycles. The highest BCUT2D eigenvalue weighted by Crippen LogP contribution is 2.46.